The third-order valence-electron chi connectivity index (χ3n) is 8.91. The number of esters is 1. The minimum Gasteiger partial charge on any atom is -0.489 e. The summed E-state index contributed by atoms with van der Waals surface area (Å²) in [5, 5.41) is 0. The normalized spacial score (nSPS) is 35.2. The number of hydrogen-bond acceptors (Lipinski definition) is 4. The van der Waals surface area contributed by atoms with E-state index in [2.05, 4.69) is 0 Å². The van der Waals surface area contributed by atoms with Gasteiger partial charge in [-0.2, -0.15) is 0 Å². The summed E-state index contributed by atoms with van der Waals surface area (Å²) in [6, 6.07) is 2.33. The molecule has 1 aromatic rings. The first kappa shape index (κ1) is 24.2. The van der Waals surface area contributed by atoms with Crippen LogP contribution in [0, 0.1) is 23.6 Å². The van der Waals surface area contributed by atoms with E-state index >= 15 is 8.78 Å². The molecule has 5 saturated carbocycles. The summed E-state index contributed by atoms with van der Waals surface area (Å²) >= 11 is 0. The van der Waals surface area contributed by atoms with E-state index in [-0.39, 0.29) is 29.4 Å². The molecular formula is C29H37F2NO4. The number of hydrogen-bond donors (Lipinski definition) is 0. The molecule has 5 nitrogen and oxygen atoms in total. The van der Waals surface area contributed by atoms with Crippen LogP contribution in [0.25, 0.3) is 0 Å². The highest BCUT2D eigenvalue weighted by atomic mass is 19.1. The van der Waals surface area contributed by atoms with Crippen molar-refractivity contribution in [1.29, 1.82) is 0 Å². The third kappa shape index (κ3) is 4.41. The number of halogens is 2. The quantitative estimate of drug-likeness (QED) is 0.468. The zero-order chi connectivity index (χ0) is 25.4. The van der Waals surface area contributed by atoms with Crippen LogP contribution in [0.15, 0.2) is 12.1 Å². The minimum atomic E-state index is -1.04. The van der Waals surface area contributed by atoms with E-state index in [1.165, 1.54) is 11.0 Å². The summed E-state index contributed by atoms with van der Waals surface area (Å²) in [6.45, 7) is 5.78. The summed E-state index contributed by atoms with van der Waals surface area (Å²) in [5.74, 6) is 0.0323. The SMILES string of the molecule is CC(C)(C)OC(=O)C1CCCN1C(=O)c1cc(C2CC2)c(OC2[C@H]3CC4C[C@H]2CC(F)(C4)C3)cc1F. The summed E-state index contributed by atoms with van der Waals surface area (Å²) in [6.07, 6.45) is 6.83. The standard InChI is InChI=1S/C29H37F2NO4/c1-28(2,3)36-27(34)23-5-4-8-32(23)26(33)21-11-20(17-6-7-17)24(12-22(21)30)35-25-18-9-16-10-19(25)15-29(31,13-16)14-18/h11-12,16-19,23,25H,4-10,13-15H2,1-3H3/t16?,18-,19-,23?,25?,29?/m0/s1. The van der Waals surface area contributed by atoms with Crippen LogP contribution < -0.4 is 4.74 Å². The van der Waals surface area contributed by atoms with E-state index in [9.17, 15) is 9.59 Å². The number of ether oxygens (including phenoxy) is 2. The van der Waals surface area contributed by atoms with Crippen molar-refractivity contribution in [3.63, 3.8) is 0 Å². The van der Waals surface area contributed by atoms with Gasteiger partial charge in [0.15, 0.2) is 0 Å². The molecular weight excluding hydrogens is 464 g/mol. The molecule has 0 spiro atoms. The van der Waals surface area contributed by atoms with Crippen molar-refractivity contribution in [3.8, 4) is 5.75 Å². The van der Waals surface area contributed by atoms with Gasteiger partial charge in [-0.25, -0.2) is 13.6 Å². The van der Waals surface area contributed by atoms with Crippen LogP contribution >= 0.6 is 0 Å². The Kier molecular flexibility index (Phi) is 5.65. The molecule has 0 radical (unpaired) electrons. The number of benzene rings is 1. The molecule has 1 aromatic carbocycles. The van der Waals surface area contributed by atoms with E-state index in [1.807, 2.05) is 0 Å². The first-order valence-electron chi connectivity index (χ1n) is 13.7. The second-order valence-electron chi connectivity index (χ2n) is 13.0. The lowest BCUT2D eigenvalue weighted by Gasteiger charge is -2.56. The minimum absolute atomic E-state index is 0.00694. The largest absolute Gasteiger partial charge is 0.489 e. The Morgan fingerprint density at radius 2 is 1.75 bits per heavy atom. The van der Waals surface area contributed by atoms with Crippen LogP contribution in [0.5, 0.6) is 5.75 Å². The van der Waals surface area contributed by atoms with Gasteiger partial charge in [-0.15, -0.1) is 0 Å². The third-order valence-corrected chi connectivity index (χ3v) is 8.91. The lowest BCUT2D eigenvalue weighted by Crippen LogP contribution is -2.56. The predicted octanol–water partition coefficient (Wildman–Crippen LogP) is 5.95. The van der Waals surface area contributed by atoms with E-state index in [4.69, 9.17) is 9.47 Å². The van der Waals surface area contributed by atoms with Gasteiger partial charge in [0.25, 0.3) is 5.91 Å². The van der Waals surface area contributed by atoms with Crippen molar-refractivity contribution in [2.75, 3.05) is 6.54 Å². The summed E-state index contributed by atoms with van der Waals surface area (Å²) < 4.78 is 42.7. The predicted molar refractivity (Wildman–Crippen MR) is 130 cm³/mol. The second-order valence-corrected chi connectivity index (χ2v) is 13.0. The van der Waals surface area contributed by atoms with E-state index in [0.29, 0.717) is 50.3 Å². The number of carbonyl (C=O) groups is 2. The Labute approximate surface area is 211 Å². The van der Waals surface area contributed by atoms with Crippen LogP contribution in [0.3, 0.4) is 0 Å². The molecule has 196 valence electrons. The molecule has 36 heavy (non-hydrogen) atoms. The fourth-order valence-corrected chi connectivity index (χ4v) is 7.55. The van der Waals surface area contributed by atoms with Crippen molar-refractivity contribution in [1.82, 2.24) is 4.90 Å². The Hall–Kier alpha value is -2.18. The van der Waals surface area contributed by atoms with Crippen molar-refractivity contribution in [2.45, 2.75) is 108 Å². The Bertz CT molecular complexity index is 1060. The molecule has 7 rings (SSSR count). The fourth-order valence-electron chi connectivity index (χ4n) is 7.55. The Morgan fingerprint density at radius 3 is 2.36 bits per heavy atom. The number of alkyl halides is 1. The highest BCUT2D eigenvalue weighted by Crippen LogP contribution is 2.58. The summed E-state index contributed by atoms with van der Waals surface area (Å²) in [5.41, 5.74) is -0.834. The zero-order valence-corrected chi connectivity index (χ0v) is 21.5. The van der Waals surface area contributed by atoms with E-state index in [0.717, 1.165) is 31.2 Å². The number of rotatable bonds is 5. The molecule has 1 unspecified atom stereocenters. The first-order valence-corrected chi connectivity index (χ1v) is 13.7. The van der Waals surface area contributed by atoms with E-state index in [1.54, 1.807) is 26.8 Å². The molecule has 6 fully saturated rings. The van der Waals surface area contributed by atoms with Crippen LogP contribution in [0.4, 0.5) is 8.78 Å². The molecule has 6 aliphatic rings. The molecule has 1 heterocycles. The lowest BCUT2D eigenvalue weighted by molar-refractivity contribution is -0.159. The Morgan fingerprint density at radius 1 is 1.06 bits per heavy atom. The molecule has 3 atom stereocenters. The maximum Gasteiger partial charge on any atom is 0.329 e. The van der Waals surface area contributed by atoms with Gasteiger partial charge >= 0.3 is 5.97 Å². The highest BCUT2D eigenvalue weighted by molar-refractivity contribution is 5.98. The molecule has 5 aliphatic carbocycles. The van der Waals surface area contributed by atoms with Gasteiger partial charge in [-0.3, -0.25) is 4.79 Å². The average molecular weight is 502 g/mol. The number of likely N-dealkylation sites (tertiary alicyclic amines) is 1. The van der Waals surface area contributed by atoms with Crippen molar-refractivity contribution in [2.24, 2.45) is 17.8 Å². The molecule has 7 heteroatoms. The van der Waals surface area contributed by atoms with Crippen molar-refractivity contribution in [3.05, 3.63) is 29.1 Å². The van der Waals surface area contributed by atoms with E-state index < -0.39 is 35.0 Å². The average Bonchev–Trinajstić information content (AvgIpc) is 3.48. The highest BCUT2D eigenvalue weighted by Gasteiger charge is 2.57. The van der Waals surface area contributed by atoms with Gasteiger partial charge in [0.1, 0.15) is 35.0 Å². The first-order chi connectivity index (χ1) is 17.0. The molecule has 0 aromatic heterocycles. The summed E-state index contributed by atoms with van der Waals surface area (Å²) in [4.78, 5) is 27.7. The smallest absolute Gasteiger partial charge is 0.329 e. The summed E-state index contributed by atoms with van der Waals surface area (Å²) in [7, 11) is 0. The van der Waals surface area contributed by atoms with Crippen molar-refractivity contribution < 1.29 is 27.8 Å². The fraction of sp³-hybridized carbons (Fsp3) is 0.724. The van der Waals surface area contributed by atoms with Crippen molar-refractivity contribution >= 4 is 11.9 Å². The second kappa shape index (κ2) is 8.42. The maximum atomic E-state index is 15.5. The zero-order valence-electron chi connectivity index (χ0n) is 21.5. The van der Waals surface area contributed by atoms with Crippen LogP contribution in [-0.4, -0.2) is 46.7 Å². The molecule has 0 N–H and O–H groups in total. The lowest BCUT2D eigenvalue weighted by atomic mass is 9.53. The van der Waals surface area contributed by atoms with Gasteiger partial charge in [0.2, 0.25) is 0 Å². The van der Waals surface area contributed by atoms with Crippen LogP contribution in [-0.2, 0) is 9.53 Å². The van der Waals surface area contributed by atoms with Gasteiger partial charge in [-0.1, -0.05) is 0 Å². The molecule has 1 amide bonds. The molecule has 4 bridgehead atoms. The van der Waals surface area contributed by atoms with Gasteiger partial charge in [0.05, 0.1) is 5.56 Å². The van der Waals surface area contributed by atoms with Crippen LogP contribution in [0.2, 0.25) is 0 Å². The number of carbonyl (C=O) groups excluding carboxylic acids is 2. The molecule has 1 saturated heterocycles. The number of nitrogens with zero attached hydrogens (tertiary/aromatic N) is 1. The number of amides is 1. The van der Waals surface area contributed by atoms with Gasteiger partial charge < -0.3 is 14.4 Å². The molecule has 1 aliphatic heterocycles. The topological polar surface area (TPSA) is 55.8 Å². The monoisotopic (exact) mass is 501 g/mol. The van der Waals surface area contributed by atoms with Crippen LogP contribution in [0.1, 0.15) is 100 Å². The van der Waals surface area contributed by atoms with Gasteiger partial charge in [-0.05, 0) is 114 Å². The Balaban J connectivity index is 1.25. The maximum absolute atomic E-state index is 15.5. The van der Waals surface area contributed by atoms with Gasteiger partial charge in [0, 0.05) is 12.6 Å².